The fourth-order valence-corrected chi connectivity index (χ4v) is 3.49. The maximum Gasteiger partial charge on any atom is 0.223 e. The summed E-state index contributed by atoms with van der Waals surface area (Å²) in [6.45, 7) is 5.24. The molecular formula is C18H27ClFN3O2. The van der Waals surface area contributed by atoms with Gasteiger partial charge in [-0.25, -0.2) is 4.39 Å². The highest BCUT2D eigenvalue weighted by Crippen LogP contribution is 2.22. The molecule has 0 spiro atoms. The van der Waals surface area contributed by atoms with Gasteiger partial charge in [0.2, 0.25) is 5.91 Å². The molecule has 1 amide bonds. The van der Waals surface area contributed by atoms with E-state index in [1.54, 1.807) is 12.1 Å². The molecule has 2 aliphatic heterocycles. The minimum Gasteiger partial charge on any atom is -0.379 e. The lowest BCUT2D eigenvalue weighted by Crippen LogP contribution is -2.45. The molecule has 1 aromatic carbocycles. The first-order valence-corrected chi connectivity index (χ1v) is 8.80. The molecule has 25 heavy (non-hydrogen) atoms. The Bertz CT molecular complexity index is 549. The molecule has 0 bridgehead atoms. The monoisotopic (exact) mass is 371 g/mol. The van der Waals surface area contributed by atoms with E-state index in [1.165, 1.54) is 6.07 Å². The van der Waals surface area contributed by atoms with E-state index < -0.39 is 0 Å². The summed E-state index contributed by atoms with van der Waals surface area (Å²) < 4.78 is 19.1. The highest BCUT2D eigenvalue weighted by molar-refractivity contribution is 5.85. The Balaban J connectivity index is 0.00000225. The third kappa shape index (κ3) is 5.64. The van der Waals surface area contributed by atoms with Gasteiger partial charge in [-0.3, -0.25) is 9.69 Å². The van der Waals surface area contributed by atoms with E-state index in [2.05, 4.69) is 15.5 Å². The Hall–Kier alpha value is -1.21. The Morgan fingerprint density at radius 2 is 2.04 bits per heavy atom. The molecule has 2 saturated heterocycles. The number of amides is 1. The number of rotatable bonds is 5. The quantitative estimate of drug-likeness (QED) is 0.827. The molecule has 7 heteroatoms. The van der Waals surface area contributed by atoms with Gasteiger partial charge in [-0.15, -0.1) is 12.4 Å². The van der Waals surface area contributed by atoms with E-state index in [0.717, 1.165) is 44.6 Å². The highest BCUT2D eigenvalue weighted by atomic mass is 35.5. The van der Waals surface area contributed by atoms with Gasteiger partial charge in [-0.2, -0.15) is 0 Å². The Morgan fingerprint density at radius 1 is 1.32 bits per heavy atom. The summed E-state index contributed by atoms with van der Waals surface area (Å²) in [4.78, 5) is 14.7. The summed E-state index contributed by atoms with van der Waals surface area (Å²) in [5, 5.41) is 6.37. The average Bonchev–Trinajstić information content (AvgIpc) is 2.63. The second-order valence-corrected chi connectivity index (χ2v) is 6.49. The predicted molar refractivity (Wildman–Crippen MR) is 97.4 cm³/mol. The molecular weight excluding hydrogens is 345 g/mol. The number of carbonyl (C=O) groups is 1. The van der Waals surface area contributed by atoms with E-state index in [9.17, 15) is 9.18 Å². The number of nitrogens with one attached hydrogen (secondary N) is 2. The van der Waals surface area contributed by atoms with Crippen molar-refractivity contribution < 1.29 is 13.9 Å². The van der Waals surface area contributed by atoms with Crippen LogP contribution >= 0.6 is 12.4 Å². The second kappa shape index (κ2) is 10.1. The van der Waals surface area contributed by atoms with E-state index >= 15 is 0 Å². The van der Waals surface area contributed by atoms with Gasteiger partial charge in [0.1, 0.15) is 5.82 Å². The molecule has 3 rings (SSSR count). The van der Waals surface area contributed by atoms with Crippen molar-refractivity contribution in [3.8, 4) is 0 Å². The van der Waals surface area contributed by atoms with Gasteiger partial charge in [0, 0.05) is 25.6 Å². The lowest BCUT2D eigenvalue weighted by Gasteiger charge is -2.35. The van der Waals surface area contributed by atoms with Gasteiger partial charge in [-0.1, -0.05) is 12.1 Å². The smallest absolute Gasteiger partial charge is 0.223 e. The number of benzene rings is 1. The maximum atomic E-state index is 13.6. The summed E-state index contributed by atoms with van der Waals surface area (Å²) in [7, 11) is 0. The summed E-state index contributed by atoms with van der Waals surface area (Å²) in [5.74, 6) is -0.0364. The predicted octanol–water partition coefficient (Wildman–Crippen LogP) is 1.74. The van der Waals surface area contributed by atoms with Crippen molar-refractivity contribution >= 4 is 18.3 Å². The number of halogens is 2. The van der Waals surface area contributed by atoms with E-state index in [4.69, 9.17) is 4.74 Å². The molecule has 0 aromatic heterocycles. The van der Waals surface area contributed by atoms with Crippen LogP contribution in [0.5, 0.6) is 0 Å². The molecule has 0 aliphatic carbocycles. The van der Waals surface area contributed by atoms with Crippen molar-refractivity contribution in [2.45, 2.75) is 18.9 Å². The SMILES string of the molecule is Cl.O=C(NCC(c1cccc(F)c1)N1CCOCC1)C1CCNCC1. The zero-order valence-corrected chi connectivity index (χ0v) is 15.2. The fraction of sp³-hybridized carbons (Fsp3) is 0.611. The van der Waals surface area contributed by atoms with Gasteiger partial charge in [0.05, 0.1) is 19.3 Å². The number of carbonyl (C=O) groups excluding carboxylic acids is 1. The molecule has 1 atom stereocenters. The number of piperidine rings is 1. The van der Waals surface area contributed by atoms with Crippen LogP contribution in [0.4, 0.5) is 4.39 Å². The van der Waals surface area contributed by atoms with Gasteiger partial charge < -0.3 is 15.4 Å². The number of nitrogens with zero attached hydrogens (tertiary/aromatic N) is 1. The van der Waals surface area contributed by atoms with Crippen LogP contribution in [-0.4, -0.2) is 56.7 Å². The lowest BCUT2D eigenvalue weighted by molar-refractivity contribution is -0.126. The van der Waals surface area contributed by atoms with Crippen LogP contribution in [0.3, 0.4) is 0 Å². The molecule has 140 valence electrons. The lowest BCUT2D eigenvalue weighted by atomic mass is 9.97. The van der Waals surface area contributed by atoms with Crippen LogP contribution in [0.15, 0.2) is 24.3 Å². The zero-order valence-electron chi connectivity index (χ0n) is 14.4. The normalized spacial score (nSPS) is 20.5. The van der Waals surface area contributed by atoms with Gasteiger partial charge in [0.25, 0.3) is 0 Å². The molecule has 1 aromatic rings. The number of hydrogen-bond acceptors (Lipinski definition) is 4. The minimum absolute atomic E-state index is 0. The molecule has 0 radical (unpaired) electrons. The first-order chi connectivity index (χ1) is 11.7. The Kier molecular flexibility index (Phi) is 8.09. The first kappa shape index (κ1) is 20.1. The van der Waals surface area contributed by atoms with Crippen molar-refractivity contribution in [2.75, 3.05) is 45.9 Å². The van der Waals surface area contributed by atoms with E-state index in [1.807, 2.05) is 6.07 Å². The zero-order chi connectivity index (χ0) is 16.8. The molecule has 2 aliphatic rings. The van der Waals surface area contributed by atoms with Gasteiger partial charge >= 0.3 is 0 Å². The highest BCUT2D eigenvalue weighted by Gasteiger charge is 2.26. The summed E-state index contributed by atoms with van der Waals surface area (Å²) in [5.41, 5.74) is 0.905. The molecule has 2 N–H and O–H groups in total. The maximum absolute atomic E-state index is 13.6. The Morgan fingerprint density at radius 3 is 2.72 bits per heavy atom. The van der Waals surface area contributed by atoms with Crippen LogP contribution in [0.25, 0.3) is 0 Å². The number of hydrogen-bond donors (Lipinski definition) is 2. The molecule has 5 nitrogen and oxygen atoms in total. The average molecular weight is 372 g/mol. The van der Waals surface area contributed by atoms with Crippen LogP contribution in [-0.2, 0) is 9.53 Å². The van der Waals surface area contributed by atoms with Crippen LogP contribution in [0.1, 0.15) is 24.4 Å². The molecule has 1 unspecified atom stereocenters. The van der Waals surface area contributed by atoms with Gasteiger partial charge in [-0.05, 0) is 43.6 Å². The third-order valence-corrected chi connectivity index (χ3v) is 4.90. The second-order valence-electron chi connectivity index (χ2n) is 6.49. The van der Waals surface area contributed by atoms with Crippen LogP contribution in [0.2, 0.25) is 0 Å². The van der Waals surface area contributed by atoms with E-state index in [0.29, 0.717) is 19.8 Å². The first-order valence-electron chi connectivity index (χ1n) is 8.80. The minimum atomic E-state index is -0.240. The molecule has 2 heterocycles. The largest absolute Gasteiger partial charge is 0.379 e. The van der Waals surface area contributed by atoms with Crippen LogP contribution < -0.4 is 10.6 Å². The Labute approximate surface area is 154 Å². The fourth-order valence-electron chi connectivity index (χ4n) is 3.49. The van der Waals surface area contributed by atoms with Crippen molar-refractivity contribution in [3.63, 3.8) is 0 Å². The van der Waals surface area contributed by atoms with E-state index in [-0.39, 0.29) is 36.1 Å². The summed E-state index contributed by atoms with van der Waals surface area (Å²) in [6.07, 6.45) is 1.77. The molecule has 2 fully saturated rings. The molecule has 0 saturated carbocycles. The number of morpholine rings is 1. The third-order valence-electron chi connectivity index (χ3n) is 4.90. The van der Waals surface area contributed by atoms with Crippen molar-refractivity contribution in [1.29, 1.82) is 0 Å². The van der Waals surface area contributed by atoms with Gasteiger partial charge in [0.15, 0.2) is 0 Å². The summed E-state index contributed by atoms with van der Waals surface area (Å²) >= 11 is 0. The van der Waals surface area contributed by atoms with Crippen molar-refractivity contribution in [1.82, 2.24) is 15.5 Å². The standard InChI is InChI=1S/C18H26FN3O2.ClH/c19-16-3-1-2-15(12-16)17(22-8-10-24-11-9-22)13-21-18(23)14-4-6-20-7-5-14;/h1-3,12,14,17,20H,4-11,13H2,(H,21,23);1H. The van der Waals surface area contributed by atoms with Crippen molar-refractivity contribution in [3.05, 3.63) is 35.6 Å². The number of ether oxygens (including phenoxy) is 1. The van der Waals surface area contributed by atoms with Crippen LogP contribution in [0, 0.1) is 11.7 Å². The summed E-state index contributed by atoms with van der Waals surface area (Å²) in [6, 6.07) is 6.66. The van der Waals surface area contributed by atoms with Crippen molar-refractivity contribution in [2.24, 2.45) is 5.92 Å². The topological polar surface area (TPSA) is 53.6 Å².